The summed E-state index contributed by atoms with van der Waals surface area (Å²) in [7, 11) is 0. The van der Waals surface area contributed by atoms with E-state index in [0.717, 1.165) is 12.0 Å². The topological polar surface area (TPSA) is 29.5 Å². The molecule has 1 rings (SSSR count). The molecule has 0 aliphatic rings. The molecule has 0 saturated heterocycles. The van der Waals surface area contributed by atoms with E-state index in [-0.39, 0.29) is 6.61 Å². The summed E-state index contributed by atoms with van der Waals surface area (Å²) in [6, 6.07) is 5.26. The van der Waals surface area contributed by atoms with E-state index in [0.29, 0.717) is 23.1 Å². The Morgan fingerprint density at radius 1 is 1.29 bits per heavy atom. The van der Waals surface area contributed by atoms with Gasteiger partial charge < -0.3 is 9.84 Å². The summed E-state index contributed by atoms with van der Waals surface area (Å²) >= 11 is 12.0. The molecule has 0 radical (unpaired) electrons. The van der Waals surface area contributed by atoms with Crippen molar-refractivity contribution in [3.8, 4) is 0 Å². The number of hydrogen-bond acceptors (Lipinski definition) is 2. The Morgan fingerprint density at radius 3 is 2.47 bits per heavy atom. The van der Waals surface area contributed by atoms with E-state index in [9.17, 15) is 5.11 Å². The van der Waals surface area contributed by atoms with Gasteiger partial charge >= 0.3 is 0 Å². The average Bonchev–Trinajstić information content (AvgIpc) is 2.32. The van der Waals surface area contributed by atoms with E-state index in [2.05, 4.69) is 0 Å². The first-order valence-electron chi connectivity index (χ1n) is 5.80. The Balaban J connectivity index is 3.11. The largest absolute Gasteiger partial charge is 0.393 e. The van der Waals surface area contributed by atoms with Crippen LogP contribution in [0.4, 0.5) is 0 Å². The van der Waals surface area contributed by atoms with Gasteiger partial charge in [-0.25, -0.2) is 0 Å². The van der Waals surface area contributed by atoms with Gasteiger partial charge in [0.05, 0.1) is 6.61 Å². The van der Waals surface area contributed by atoms with Crippen LogP contribution in [-0.2, 0) is 10.3 Å². The fourth-order valence-corrected chi connectivity index (χ4v) is 2.35. The van der Waals surface area contributed by atoms with Crippen LogP contribution in [0, 0.1) is 0 Å². The molecule has 1 atom stereocenters. The van der Waals surface area contributed by atoms with Crippen molar-refractivity contribution < 1.29 is 9.84 Å². The summed E-state index contributed by atoms with van der Waals surface area (Å²) in [5.74, 6) is 0. The molecule has 2 nitrogen and oxygen atoms in total. The molecule has 0 aromatic heterocycles. The van der Waals surface area contributed by atoms with E-state index in [1.54, 1.807) is 12.1 Å². The second kappa shape index (κ2) is 6.60. The highest BCUT2D eigenvalue weighted by Gasteiger charge is 2.32. The first-order chi connectivity index (χ1) is 8.09. The van der Waals surface area contributed by atoms with Crippen LogP contribution in [0.15, 0.2) is 18.2 Å². The minimum absolute atomic E-state index is 0.0924. The zero-order valence-corrected chi connectivity index (χ0v) is 11.7. The van der Waals surface area contributed by atoms with Crippen molar-refractivity contribution >= 4 is 23.2 Å². The third kappa shape index (κ3) is 3.35. The van der Waals surface area contributed by atoms with E-state index in [4.69, 9.17) is 27.9 Å². The van der Waals surface area contributed by atoms with E-state index >= 15 is 0 Å². The predicted molar refractivity (Wildman–Crippen MR) is 71.8 cm³/mol. The molecule has 4 heteroatoms. The highest BCUT2D eigenvalue weighted by Crippen LogP contribution is 2.35. The van der Waals surface area contributed by atoms with Crippen molar-refractivity contribution in [2.75, 3.05) is 13.2 Å². The maximum absolute atomic E-state index is 9.63. The lowest BCUT2D eigenvalue weighted by Crippen LogP contribution is -2.34. The highest BCUT2D eigenvalue weighted by molar-refractivity contribution is 6.35. The number of ether oxygens (including phenoxy) is 1. The lowest BCUT2D eigenvalue weighted by Gasteiger charge is -2.32. The molecule has 0 bridgehead atoms. The van der Waals surface area contributed by atoms with Gasteiger partial charge in [0.25, 0.3) is 0 Å². The maximum Gasteiger partial charge on any atom is 0.117 e. The second-order valence-electron chi connectivity index (χ2n) is 3.98. The van der Waals surface area contributed by atoms with E-state index in [1.807, 2.05) is 19.9 Å². The number of benzene rings is 1. The minimum atomic E-state index is -0.725. The first-order valence-corrected chi connectivity index (χ1v) is 6.55. The predicted octanol–water partition coefficient (Wildman–Crippen LogP) is 4.02. The zero-order valence-electron chi connectivity index (χ0n) is 10.2. The van der Waals surface area contributed by atoms with Crippen molar-refractivity contribution in [3.63, 3.8) is 0 Å². The van der Waals surface area contributed by atoms with Crippen LogP contribution in [0.1, 0.15) is 32.3 Å². The molecule has 0 aliphatic heterocycles. The van der Waals surface area contributed by atoms with Crippen LogP contribution >= 0.6 is 23.2 Å². The van der Waals surface area contributed by atoms with Crippen molar-refractivity contribution in [1.82, 2.24) is 0 Å². The van der Waals surface area contributed by atoms with E-state index < -0.39 is 5.60 Å². The van der Waals surface area contributed by atoms with Crippen molar-refractivity contribution in [3.05, 3.63) is 33.8 Å². The normalized spacial score (nSPS) is 14.6. The van der Waals surface area contributed by atoms with Crippen LogP contribution in [-0.4, -0.2) is 18.3 Å². The maximum atomic E-state index is 9.63. The molecule has 0 saturated carbocycles. The van der Waals surface area contributed by atoms with Crippen LogP contribution in [0.5, 0.6) is 0 Å². The molecule has 1 aromatic rings. The second-order valence-corrected chi connectivity index (χ2v) is 4.82. The van der Waals surface area contributed by atoms with Gasteiger partial charge in [0, 0.05) is 22.2 Å². The van der Waals surface area contributed by atoms with Crippen LogP contribution in [0.25, 0.3) is 0 Å². The highest BCUT2D eigenvalue weighted by atomic mass is 35.5. The average molecular weight is 277 g/mol. The van der Waals surface area contributed by atoms with Gasteiger partial charge in [0.15, 0.2) is 0 Å². The first kappa shape index (κ1) is 14.8. The quantitative estimate of drug-likeness (QED) is 0.851. The molecule has 0 spiro atoms. The third-order valence-corrected chi connectivity index (χ3v) is 3.38. The van der Waals surface area contributed by atoms with Gasteiger partial charge in [-0.1, -0.05) is 43.1 Å². The molecule has 17 heavy (non-hydrogen) atoms. The van der Waals surface area contributed by atoms with Gasteiger partial charge in [-0.15, -0.1) is 0 Å². The number of aliphatic hydroxyl groups is 1. The Hall–Kier alpha value is -0.280. The van der Waals surface area contributed by atoms with Gasteiger partial charge in [0.2, 0.25) is 0 Å². The van der Waals surface area contributed by atoms with Crippen molar-refractivity contribution in [1.29, 1.82) is 0 Å². The lowest BCUT2D eigenvalue weighted by atomic mass is 9.91. The van der Waals surface area contributed by atoms with Crippen LogP contribution in [0.3, 0.4) is 0 Å². The standard InChI is InChI=1S/C13H18Cl2O2/c1-3-7-17-13(4-2,9-16)11-6-5-10(14)8-12(11)15/h5-6,8,16H,3-4,7,9H2,1-2H3. The fraction of sp³-hybridized carbons (Fsp3) is 0.538. The molecule has 0 amide bonds. The van der Waals surface area contributed by atoms with Crippen LogP contribution < -0.4 is 0 Å². The Labute approximate surface area is 113 Å². The minimum Gasteiger partial charge on any atom is -0.393 e. The Bertz CT molecular complexity index is 362. The third-order valence-electron chi connectivity index (χ3n) is 2.83. The lowest BCUT2D eigenvalue weighted by molar-refractivity contribution is -0.0877. The SMILES string of the molecule is CCCOC(CC)(CO)c1ccc(Cl)cc1Cl. The Kier molecular flexibility index (Phi) is 5.74. The Morgan fingerprint density at radius 2 is 2.00 bits per heavy atom. The van der Waals surface area contributed by atoms with Crippen molar-refractivity contribution in [2.45, 2.75) is 32.3 Å². The molecule has 96 valence electrons. The number of rotatable bonds is 6. The molecule has 1 aromatic carbocycles. The molecule has 0 fully saturated rings. The summed E-state index contributed by atoms with van der Waals surface area (Å²) in [5.41, 5.74) is 0.0690. The van der Waals surface area contributed by atoms with E-state index in [1.165, 1.54) is 0 Å². The molecule has 0 heterocycles. The summed E-state index contributed by atoms with van der Waals surface area (Å²) < 4.78 is 5.81. The molecular weight excluding hydrogens is 259 g/mol. The summed E-state index contributed by atoms with van der Waals surface area (Å²) in [5, 5.41) is 10.7. The van der Waals surface area contributed by atoms with Crippen LogP contribution in [0.2, 0.25) is 10.0 Å². The zero-order chi connectivity index (χ0) is 12.9. The summed E-state index contributed by atoms with van der Waals surface area (Å²) in [4.78, 5) is 0. The van der Waals surface area contributed by atoms with Gasteiger partial charge in [0.1, 0.15) is 5.60 Å². The van der Waals surface area contributed by atoms with Gasteiger partial charge in [-0.2, -0.15) is 0 Å². The summed E-state index contributed by atoms with van der Waals surface area (Å²) in [6.07, 6.45) is 1.55. The van der Waals surface area contributed by atoms with Crippen molar-refractivity contribution in [2.24, 2.45) is 0 Å². The molecule has 0 aliphatic carbocycles. The number of aliphatic hydroxyl groups excluding tert-OH is 1. The summed E-state index contributed by atoms with van der Waals surface area (Å²) in [6.45, 7) is 4.50. The van der Waals surface area contributed by atoms with Gasteiger partial charge in [-0.05, 0) is 25.0 Å². The fourth-order valence-electron chi connectivity index (χ4n) is 1.77. The smallest absolute Gasteiger partial charge is 0.117 e. The monoisotopic (exact) mass is 276 g/mol. The number of halogens is 2. The molecular formula is C13H18Cl2O2. The van der Waals surface area contributed by atoms with Gasteiger partial charge in [-0.3, -0.25) is 0 Å². The molecule has 1 unspecified atom stereocenters. The number of hydrogen-bond donors (Lipinski definition) is 1. The molecule has 1 N–H and O–H groups in total.